The molecule has 0 aliphatic carbocycles. The number of hydrogen-bond acceptors (Lipinski definition) is 8. The van der Waals surface area contributed by atoms with Crippen LogP contribution in [0.4, 0.5) is 5.69 Å². The topological polar surface area (TPSA) is 120 Å². The molecule has 0 saturated heterocycles. The van der Waals surface area contributed by atoms with E-state index in [1.807, 2.05) is 20.8 Å². The van der Waals surface area contributed by atoms with Crippen molar-refractivity contribution >= 4 is 29.4 Å². The van der Waals surface area contributed by atoms with Crippen LogP contribution in [-0.4, -0.2) is 74.3 Å². The number of benzene rings is 1. The average molecular weight is 603 g/mol. The third-order valence-electron chi connectivity index (χ3n) is 7.39. The predicted octanol–water partition coefficient (Wildman–Crippen LogP) is 5.62. The number of nitrogens with one attached hydrogen (secondary N) is 1. The SMILES string of the molecule is CCCCCCCc1cc(C(=O)OC)cc(NC(=O)CCCCN2C(=O)C=CC2=O)c1OCCC(C)OCC(C)(C)OC. The number of carbonyl (C=O) groups excluding carboxylic acids is 4. The van der Waals surface area contributed by atoms with Gasteiger partial charge in [-0.05, 0) is 64.2 Å². The molecule has 0 saturated carbocycles. The van der Waals surface area contributed by atoms with E-state index in [-0.39, 0.29) is 36.8 Å². The largest absolute Gasteiger partial charge is 0.491 e. The number of imide groups is 1. The molecule has 1 unspecified atom stereocenters. The standard InChI is InChI=1S/C33H50N2O8/c1-7-8-9-10-11-14-25-21-26(32(39)40-5)22-27(31(25)42-20-18-24(2)43-23-33(3,4)41-6)34-28(36)15-12-13-19-35-29(37)16-17-30(35)38/h16-17,21-22,24H,7-15,18-20,23H2,1-6H3,(H,34,36). The van der Waals surface area contributed by atoms with Crippen LogP contribution >= 0.6 is 0 Å². The first-order valence-electron chi connectivity index (χ1n) is 15.4. The zero-order valence-electron chi connectivity index (χ0n) is 26.8. The molecule has 1 aromatic carbocycles. The summed E-state index contributed by atoms with van der Waals surface area (Å²) in [6.45, 7) is 9.13. The Morgan fingerprint density at radius 2 is 1.67 bits per heavy atom. The quantitative estimate of drug-likeness (QED) is 0.109. The molecule has 1 atom stereocenters. The van der Waals surface area contributed by atoms with Gasteiger partial charge in [-0.15, -0.1) is 0 Å². The van der Waals surface area contributed by atoms with Crippen molar-refractivity contribution in [3.05, 3.63) is 35.4 Å². The summed E-state index contributed by atoms with van der Waals surface area (Å²) in [4.78, 5) is 50.2. The van der Waals surface area contributed by atoms with Crippen LogP contribution in [0.25, 0.3) is 0 Å². The number of esters is 1. The zero-order chi connectivity index (χ0) is 31.8. The number of rotatable bonds is 21. The Kier molecular flexibility index (Phi) is 15.4. The third-order valence-corrected chi connectivity index (χ3v) is 7.39. The molecule has 1 N–H and O–H groups in total. The van der Waals surface area contributed by atoms with Crippen molar-refractivity contribution in [3.63, 3.8) is 0 Å². The van der Waals surface area contributed by atoms with Gasteiger partial charge in [0.05, 0.1) is 43.3 Å². The monoisotopic (exact) mass is 602 g/mol. The lowest BCUT2D eigenvalue weighted by atomic mass is 10.0. The fourth-order valence-electron chi connectivity index (χ4n) is 4.52. The summed E-state index contributed by atoms with van der Waals surface area (Å²) in [6.07, 6.45) is 10.3. The first kappa shape index (κ1) is 36.0. The number of methoxy groups -OCH3 is 2. The van der Waals surface area contributed by atoms with E-state index >= 15 is 0 Å². The highest BCUT2D eigenvalue weighted by molar-refractivity contribution is 6.12. The zero-order valence-corrected chi connectivity index (χ0v) is 26.8. The van der Waals surface area contributed by atoms with Gasteiger partial charge in [-0.2, -0.15) is 0 Å². The first-order chi connectivity index (χ1) is 20.5. The Hall–Kier alpha value is -3.24. The molecule has 10 nitrogen and oxygen atoms in total. The molecular formula is C33H50N2O8. The lowest BCUT2D eigenvalue weighted by molar-refractivity contribution is -0.136. The summed E-state index contributed by atoms with van der Waals surface area (Å²) in [5, 5.41) is 2.94. The van der Waals surface area contributed by atoms with Gasteiger partial charge in [0.15, 0.2) is 0 Å². The van der Waals surface area contributed by atoms with E-state index in [4.69, 9.17) is 18.9 Å². The maximum atomic E-state index is 13.0. The molecule has 1 aliphatic rings. The molecule has 0 spiro atoms. The summed E-state index contributed by atoms with van der Waals surface area (Å²) in [6, 6.07) is 3.38. The number of nitrogens with zero attached hydrogens (tertiary/aromatic N) is 1. The number of amides is 3. The molecule has 0 radical (unpaired) electrons. The molecule has 0 aromatic heterocycles. The Balaban J connectivity index is 2.14. The highest BCUT2D eigenvalue weighted by Gasteiger charge is 2.23. The van der Waals surface area contributed by atoms with E-state index in [0.29, 0.717) is 55.9 Å². The van der Waals surface area contributed by atoms with Crippen molar-refractivity contribution < 1.29 is 38.1 Å². The minimum Gasteiger partial charge on any atom is -0.491 e. The van der Waals surface area contributed by atoms with E-state index < -0.39 is 11.6 Å². The summed E-state index contributed by atoms with van der Waals surface area (Å²) in [5.41, 5.74) is 1.20. The van der Waals surface area contributed by atoms with Crippen LogP contribution in [0.15, 0.2) is 24.3 Å². The van der Waals surface area contributed by atoms with Crippen LogP contribution < -0.4 is 10.1 Å². The Bertz CT molecular complexity index is 1100. The lowest BCUT2D eigenvalue weighted by Crippen LogP contribution is -2.31. The fraction of sp³-hybridized carbons (Fsp3) is 0.636. The normalized spacial score (nSPS) is 13.9. The van der Waals surface area contributed by atoms with Gasteiger partial charge < -0.3 is 24.3 Å². The molecule has 0 bridgehead atoms. The Morgan fingerprint density at radius 3 is 2.33 bits per heavy atom. The first-order valence-corrected chi connectivity index (χ1v) is 15.4. The fourth-order valence-corrected chi connectivity index (χ4v) is 4.52. The number of unbranched alkanes of at least 4 members (excludes halogenated alkanes) is 5. The van der Waals surface area contributed by atoms with Crippen LogP contribution in [0.5, 0.6) is 5.75 Å². The predicted molar refractivity (Wildman–Crippen MR) is 165 cm³/mol. The Labute approximate surface area is 256 Å². The van der Waals surface area contributed by atoms with E-state index in [1.54, 1.807) is 19.2 Å². The molecular weight excluding hydrogens is 552 g/mol. The van der Waals surface area contributed by atoms with Gasteiger partial charge in [-0.1, -0.05) is 32.6 Å². The van der Waals surface area contributed by atoms with Gasteiger partial charge in [-0.3, -0.25) is 19.3 Å². The van der Waals surface area contributed by atoms with Gasteiger partial charge in [0.1, 0.15) is 5.75 Å². The van der Waals surface area contributed by atoms with Crippen molar-refractivity contribution in [3.8, 4) is 5.75 Å². The van der Waals surface area contributed by atoms with Crippen LogP contribution in [-0.2, 0) is 35.0 Å². The summed E-state index contributed by atoms with van der Waals surface area (Å²) < 4.78 is 22.7. The van der Waals surface area contributed by atoms with Gasteiger partial charge >= 0.3 is 5.97 Å². The van der Waals surface area contributed by atoms with Gasteiger partial charge in [0.25, 0.3) is 11.8 Å². The molecule has 0 fully saturated rings. The molecule has 1 aliphatic heterocycles. The molecule has 1 heterocycles. The molecule has 43 heavy (non-hydrogen) atoms. The van der Waals surface area contributed by atoms with Crippen LogP contribution in [0.3, 0.4) is 0 Å². The van der Waals surface area contributed by atoms with Crippen molar-refractivity contribution in [2.24, 2.45) is 0 Å². The Morgan fingerprint density at radius 1 is 0.977 bits per heavy atom. The second kappa shape index (κ2) is 18.4. The molecule has 2 rings (SSSR count). The summed E-state index contributed by atoms with van der Waals surface area (Å²) >= 11 is 0. The van der Waals surface area contributed by atoms with Crippen molar-refractivity contribution in [1.29, 1.82) is 0 Å². The van der Waals surface area contributed by atoms with E-state index in [2.05, 4.69) is 12.2 Å². The second-order valence-electron chi connectivity index (χ2n) is 11.6. The summed E-state index contributed by atoms with van der Waals surface area (Å²) in [7, 11) is 2.98. The lowest BCUT2D eigenvalue weighted by Gasteiger charge is -2.25. The van der Waals surface area contributed by atoms with Gasteiger partial charge in [-0.25, -0.2) is 4.79 Å². The maximum absolute atomic E-state index is 13.0. The molecule has 240 valence electrons. The highest BCUT2D eigenvalue weighted by atomic mass is 16.5. The number of anilines is 1. The van der Waals surface area contributed by atoms with E-state index in [0.717, 1.165) is 36.1 Å². The minimum atomic E-state index is -0.495. The molecule has 1 aromatic rings. The molecule has 10 heteroatoms. The summed E-state index contributed by atoms with van der Waals surface area (Å²) in [5.74, 6) is -0.872. The number of ether oxygens (including phenoxy) is 4. The van der Waals surface area contributed by atoms with Crippen LogP contribution in [0, 0.1) is 0 Å². The average Bonchev–Trinajstić information content (AvgIpc) is 3.30. The third kappa shape index (κ3) is 12.5. The van der Waals surface area contributed by atoms with Gasteiger partial charge in [0.2, 0.25) is 5.91 Å². The van der Waals surface area contributed by atoms with E-state index in [9.17, 15) is 19.2 Å². The number of hydrogen-bond donors (Lipinski definition) is 1. The van der Waals surface area contributed by atoms with Gasteiger partial charge in [0, 0.05) is 38.6 Å². The van der Waals surface area contributed by atoms with E-state index in [1.165, 1.54) is 25.7 Å². The number of carbonyl (C=O) groups is 4. The minimum absolute atomic E-state index is 0.0797. The smallest absolute Gasteiger partial charge is 0.337 e. The van der Waals surface area contributed by atoms with Crippen LogP contribution in [0.2, 0.25) is 0 Å². The highest BCUT2D eigenvalue weighted by Crippen LogP contribution is 2.33. The second-order valence-corrected chi connectivity index (χ2v) is 11.6. The van der Waals surface area contributed by atoms with Crippen LogP contribution in [0.1, 0.15) is 101 Å². The van der Waals surface area contributed by atoms with Crippen molar-refractivity contribution in [2.45, 2.75) is 104 Å². The van der Waals surface area contributed by atoms with Crippen molar-refractivity contribution in [2.75, 3.05) is 39.3 Å². The maximum Gasteiger partial charge on any atom is 0.337 e. The van der Waals surface area contributed by atoms with Crippen molar-refractivity contribution in [1.82, 2.24) is 4.90 Å². The molecule has 3 amide bonds. The number of aryl methyl sites for hydroxylation is 1.